The third-order valence-corrected chi connectivity index (χ3v) is 4.93. The van der Waals surface area contributed by atoms with Gasteiger partial charge in [0.1, 0.15) is 0 Å². The van der Waals surface area contributed by atoms with Crippen molar-refractivity contribution in [3.05, 3.63) is 34.9 Å². The van der Waals surface area contributed by atoms with E-state index in [-0.39, 0.29) is 12.4 Å². The van der Waals surface area contributed by atoms with Gasteiger partial charge in [-0.05, 0) is 68.2 Å². The van der Waals surface area contributed by atoms with Crippen molar-refractivity contribution in [1.29, 1.82) is 0 Å². The SMILES string of the molecule is O=C(CN1CCCC(CCO)C1)c1ccc2c(c1)CCC2. The lowest BCUT2D eigenvalue weighted by molar-refractivity contribution is 0.0871. The first-order chi connectivity index (χ1) is 10.3. The Balaban J connectivity index is 1.60. The van der Waals surface area contributed by atoms with Gasteiger partial charge in [0.15, 0.2) is 5.78 Å². The van der Waals surface area contributed by atoms with Gasteiger partial charge in [-0.2, -0.15) is 0 Å². The molecule has 1 aromatic carbocycles. The van der Waals surface area contributed by atoms with E-state index in [4.69, 9.17) is 5.11 Å². The highest BCUT2D eigenvalue weighted by Gasteiger charge is 2.22. The molecule has 3 rings (SSSR count). The van der Waals surface area contributed by atoms with Crippen LogP contribution in [0.2, 0.25) is 0 Å². The van der Waals surface area contributed by atoms with Crippen molar-refractivity contribution in [1.82, 2.24) is 4.90 Å². The van der Waals surface area contributed by atoms with Crippen LogP contribution in [-0.2, 0) is 12.8 Å². The highest BCUT2D eigenvalue weighted by molar-refractivity contribution is 5.97. The van der Waals surface area contributed by atoms with E-state index in [2.05, 4.69) is 17.0 Å². The van der Waals surface area contributed by atoms with Gasteiger partial charge in [-0.15, -0.1) is 0 Å². The molecule has 21 heavy (non-hydrogen) atoms. The van der Waals surface area contributed by atoms with Gasteiger partial charge in [0.05, 0.1) is 6.54 Å². The molecule has 2 aliphatic rings. The Hall–Kier alpha value is -1.19. The first-order valence-corrected chi connectivity index (χ1v) is 8.24. The second-order valence-corrected chi connectivity index (χ2v) is 6.52. The minimum atomic E-state index is 0.245. The molecule has 1 N–H and O–H groups in total. The van der Waals surface area contributed by atoms with Crippen LogP contribution in [-0.4, -0.2) is 42.0 Å². The molecular weight excluding hydrogens is 262 g/mol. The molecule has 1 unspecified atom stereocenters. The van der Waals surface area contributed by atoms with E-state index in [0.29, 0.717) is 12.5 Å². The number of likely N-dealkylation sites (tertiary alicyclic amines) is 1. The van der Waals surface area contributed by atoms with Crippen molar-refractivity contribution in [2.24, 2.45) is 5.92 Å². The Morgan fingerprint density at radius 2 is 2.10 bits per heavy atom. The molecule has 0 radical (unpaired) electrons. The van der Waals surface area contributed by atoms with Gasteiger partial charge < -0.3 is 5.11 Å². The molecule has 0 saturated carbocycles. The van der Waals surface area contributed by atoms with Crippen molar-refractivity contribution < 1.29 is 9.90 Å². The third-order valence-electron chi connectivity index (χ3n) is 4.93. The Bertz CT molecular complexity index is 510. The number of hydrogen-bond acceptors (Lipinski definition) is 3. The van der Waals surface area contributed by atoms with Crippen molar-refractivity contribution in [3.8, 4) is 0 Å². The maximum absolute atomic E-state index is 12.5. The maximum atomic E-state index is 12.5. The van der Waals surface area contributed by atoms with E-state index in [1.807, 2.05) is 6.07 Å². The van der Waals surface area contributed by atoms with Gasteiger partial charge >= 0.3 is 0 Å². The minimum absolute atomic E-state index is 0.245. The highest BCUT2D eigenvalue weighted by atomic mass is 16.3. The maximum Gasteiger partial charge on any atom is 0.176 e. The molecular formula is C18H25NO2. The number of nitrogens with zero attached hydrogens (tertiary/aromatic N) is 1. The molecule has 1 aromatic rings. The van der Waals surface area contributed by atoms with Crippen LogP contribution in [0.25, 0.3) is 0 Å². The van der Waals surface area contributed by atoms with Crippen LogP contribution in [0.5, 0.6) is 0 Å². The summed E-state index contributed by atoms with van der Waals surface area (Å²) in [5.41, 5.74) is 3.67. The minimum Gasteiger partial charge on any atom is -0.396 e. The lowest BCUT2D eigenvalue weighted by atomic mass is 9.94. The summed E-state index contributed by atoms with van der Waals surface area (Å²) in [7, 11) is 0. The van der Waals surface area contributed by atoms with Gasteiger partial charge in [0.2, 0.25) is 0 Å². The van der Waals surface area contributed by atoms with Gasteiger partial charge in [-0.3, -0.25) is 9.69 Å². The fourth-order valence-corrected chi connectivity index (χ4v) is 3.75. The Kier molecular flexibility index (Phi) is 4.71. The second-order valence-electron chi connectivity index (χ2n) is 6.52. The average Bonchev–Trinajstić information content (AvgIpc) is 2.95. The first-order valence-electron chi connectivity index (χ1n) is 8.24. The standard InChI is InChI=1S/C18H25NO2/c20-10-8-14-3-2-9-19(12-14)13-18(21)17-7-6-15-4-1-5-16(15)11-17/h6-7,11,14,20H,1-5,8-10,12-13H2. The predicted octanol–water partition coefficient (Wildman–Crippen LogP) is 2.45. The zero-order valence-electron chi connectivity index (χ0n) is 12.7. The number of rotatable bonds is 5. The third kappa shape index (κ3) is 3.53. The molecule has 1 heterocycles. The monoisotopic (exact) mass is 287 g/mol. The number of Topliss-reactive ketones (excluding diaryl/α,β-unsaturated/α-hetero) is 1. The van der Waals surface area contributed by atoms with Gasteiger partial charge in [-0.25, -0.2) is 0 Å². The van der Waals surface area contributed by atoms with Gasteiger partial charge in [0.25, 0.3) is 0 Å². The normalized spacial score (nSPS) is 22.2. The molecule has 0 bridgehead atoms. The zero-order valence-corrected chi connectivity index (χ0v) is 12.7. The summed E-state index contributed by atoms with van der Waals surface area (Å²) >= 11 is 0. The second kappa shape index (κ2) is 6.71. The summed E-state index contributed by atoms with van der Waals surface area (Å²) in [4.78, 5) is 14.7. The molecule has 114 valence electrons. The van der Waals surface area contributed by atoms with E-state index >= 15 is 0 Å². The van der Waals surface area contributed by atoms with Crippen LogP contribution in [0.3, 0.4) is 0 Å². The summed E-state index contributed by atoms with van der Waals surface area (Å²) in [5, 5.41) is 9.07. The van der Waals surface area contributed by atoms with Crippen LogP contribution in [0.4, 0.5) is 0 Å². The Morgan fingerprint density at radius 1 is 1.24 bits per heavy atom. The number of carbonyl (C=O) groups excluding carboxylic acids is 1. The molecule has 1 atom stereocenters. The number of aliphatic hydroxyl groups excluding tert-OH is 1. The fraction of sp³-hybridized carbons (Fsp3) is 0.611. The number of piperidine rings is 1. The fourth-order valence-electron chi connectivity index (χ4n) is 3.75. The zero-order chi connectivity index (χ0) is 14.7. The highest BCUT2D eigenvalue weighted by Crippen LogP contribution is 2.24. The number of fused-ring (bicyclic) bond motifs is 1. The number of hydrogen-bond donors (Lipinski definition) is 1. The predicted molar refractivity (Wildman–Crippen MR) is 83.7 cm³/mol. The molecule has 0 amide bonds. The van der Waals surface area contributed by atoms with E-state index in [1.54, 1.807) is 0 Å². The number of carbonyl (C=O) groups is 1. The topological polar surface area (TPSA) is 40.5 Å². The molecule has 3 heteroatoms. The van der Waals surface area contributed by atoms with Crippen molar-refractivity contribution in [2.45, 2.75) is 38.5 Å². The Morgan fingerprint density at radius 3 is 2.95 bits per heavy atom. The lowest BCUT2D eigenvalue weighted by Crippen LogP contribution is -2.39. The summed E-state index contributed by atoms with van der Waals surface area (Å²) < 4.78 is 0. The Labute approximate surface area is 127 Å². The van der Waals surface area contributed by atoms with E-state index < -0.39 is 0 Å². The van der Waals surface area contributed by atoms with Crippen LogP contribution in [0.1, 0.15) is 47.2 Å². The van der Waals surface area contributed by atoms with Crippen molar-refractivity contribution >= 4 is 5.78 Å². The number of aliphatic hydroxyl groups is 1. The molecule has 0 aromatic heterocycles. The summed E-state index contributed by atoms with van der Waals surface area (Å²) in [6.45, 7) is 2.76. The van der Waals surface area contributed by atoms with E-state index in [1.165, 1.54) is 30.4 Å². The van der Waals surface area contributed by atoms with Gasteiger partial charge in [-0.1, -0.05) is 12.1 Å². The van der Waals surface area contributed by atoms with E-state index in [0.717, 1.165) is 37.9 Å². The van der Waals surface area contributed by atoms with Crippen LogP contribution < -0.4 is 0 Å². The van der Waals surface area contributed by atoms with Crippen LogP contribution in [0, 0.1) is 5.92 Å². The lowest BCUT2D eigenvalue weighted by Gasteiger charge is -2.31. The van der Waals surface area contributed by atoms with Crippen molar-refractivity contribution in [2.75, 3.05) is 26.2 Å². The van der Waals surface area contributed by atoms with Gasteiger partial charge in [0, 0.05) is 18.7 Å². The van der Waals surface area contributed by atoms with Crippen molar-refractivity contribution in [3.63, 3.8) is 0 Å². The first kappa shape index (κ1) is 14.7. The molecule has 1 saturated heterocycles. The van der Waals surface area contributed by atoms with Crippen LogP contribution >= 0.6 is 0 Å². The van der Waals surface area contributed by atoms with Crippen LogP contribution in [0.15, 0.2) is 18.2 Å². The average molecular weight is 287 g/mol. The summed E-state index contributed by atoms with van der Waals surface area (Å²) in [6.07, 6.45) is 6.70. The molecule has 1 aliphatic heterocycles. The number of benzene rings is 1. The number of ketones is 1. The number of aryl methyl sites for hydroxylation is 2. The smallest absolute Gasteiger partial charge is 0.176 e. The summed E-state index contributed by atoms with van der Waals surface area (Å²) in [5.74, 6) is 0.797. The largest absolute Gasteiger partial charge is 0.396 e. The molecule has 1 fully saturated rings. The van der Waals surface area contributed by atoms with E-state index in [9.17, 15) is 4.79 Å². The summed E-state index contributed by atoms with van der Waals surface area (Å²) in [6, 6.07) is 6.25. The molecule has 1 aliphatic carbocycles. The molecule has 0 spiro atoms. The molecule has 3 nitrogen and oxygen atoms in total. The quantitative estimate of drug-likeness (QED) is 0.846.